The van der Waals surface area contributed by atoms with Crippen LogP contribution in [0.3, 0.4) is 0 Å². The maximum absolute atomic E-state index is 13.6. The van der Waals surface area contributed by atoms with Crippen LogP contribution in [0.1, 0.15) is 16.7 Å². The van der Waals surface area contributed by atoms with Crippen LogP contribution >= 0.6 is 0 Å². The van der Waals surface area contributed by atoms with Crippen molar-refractivity contribution in [3.63, 3.8) is 0 Å². The van der Waals surface area contributed by atoms with E-state index < -0.39 is 0 Å². The smallest absolute Gasteiger partial charge is 0.228 e. The number of aromatic nitrogens is 1. The standard InChI is InChI=1S/C21H20FN3O/c1-15-6-8-16(9-7-15)12-21(26)25-18-10-11-20(24-14-18)23-13-17-4-2-3-5-19(17)22/h2-11,14H,12-13H2,1H3,(H,23,24)(H,25,26). The number of nitrogens with one attached hydrogen (secondary N) is 2. The van der Waals surface area contributed by atoms with E-state index in [1.165, 1.54) is 6.07 Å². The largest absolute Gasteiger partial charge is 0.366 e. The molecule has 2 N–H and O–H groups in total. The van der Waals surface area contributed by atoms with Gasteiger partial charge in [-0.1, -0.05) is 48.0 Å². The molecule has 2 aromatic carbocycles. The minimum atomic E-state index is -0.250. The first-order valence-electron chi connectivity index (χ1n) is 8.39. The molecule has 0 radical (unpaired) electrons. The SMILES string of the molecule is Cc1ccc(CC(=O)Nc2ccc(NCc3ccccc3F)nc2)cc1. The van der Waals surface area contributed by atoms with Gasteiger partial charge in [0, 0.05) is 12.1 Å². The van der Waals surface area contributed by atoms with E-state index in [1.54, 1.807) is 36.5 Å². The third kappa shape index (κ3) is 4.89. The van der Waals surface area contributed by atoms with Gasteiger partial charge >= 0.3 is 0 Å². The summed E-state index contributed by atoms with van der Waals surface area (Å²) < 4.78 is 13.6. The highest BCUT2D eigenvalue weighted by Crippen LogP contribution is 2.13. The normalized spacial score (nSPS) is 10.4. The van der Waals surface area contributed by atoms with Gasteiger partial charge in [-0.3, -0.25) is 4.79 Å². The fourth-order valence-corrected chi connectivity index (χ4v) is 2.50. The Balaban J connectivity index is 1.53. The van der Waals surface area contributed by atoms with Crippen molar-refractivity contribution in [2.75, 3.05) is 10.6 Å². The molecular weight excluding hydrogens is 329 g/mol. The lowest BCUT2D eigenvalue weighted by Gasteiger charge is -2.09. The third-order valence-corrected chi connectivity index (χ3v) is 3.95. The number of carbonyl (C=O) groups excluding carboxylic acids is 1. The van der Waals surface area contributed by atoms with E-state index in [0.717, 1.165) is 11.1 Å². The van der Waals surface area contributed by atoms with Crippen LogP contribution in [-0.4, -0.2) is 10.9 Å². The Labute approximate surface area is 152 Å². The fraction of sp³-hybridized carbons (Fsp3) is 0.143. The minimum Gasteiger partial charge on any atom is -0.366 e. The van der Waals surface area contributed by atoms with Crippen molar-refractivity contribution in [3.05, 3.63) is 89.4 Å². The van der Waals surface area contributed by atoms with E-state index in [9.17, 15) is 9.18 Å². The Morgan fingerprint density at radius 1 is 1.04 bits per heavy atom. The van der Waals surface area contributed by atoms with Crippen LogP contribution in [0.4, 0.5) is 15.9 Å². The molecule has 1 aromatic heterocycles. The number of amides is 1. The van der Waals surface area contributed by atoms with Crippen LogP contribution < -0.4 is 10.6 Å². The molecule has 26 heavy (non-hydrogen) atoms. The van der Waals surface area contributed by atoms with Crippen molar-refractivity contribution in [1.29, 1.82) is 0 Å². The lowest BCUT2D eigenvalue weighted by atomic mass is 10.1. The van der Waals surface area contributed by atoms with Gasteiger partial charge in [-0.05, 0) is 30.7 Å². The zero-order chi connectivity index (χ0) is 18.4. The first kappa shape index (κ1) is 17.6. The van der Waals surface area contributed by atoms with Gasteiger partial charge in [-0.25, -0.2) is 9.37 Å². The van der Waals surface area contributed by atoms with E-state index in [1.807, 2.05) is 31.2 Å². The Kier molecular flexibility index (Phi) is 5.59. The molecule has 0 saturated carbocycles. The maximum atomic E-state index is 13.6. The highest BCUT2D eigenvalue weighted by atomic mass is 19.1. The first-order valence-corrected chi connectivity index (χ1v) is 8.39. The van der Waals surface area contributed by atoms with Gasteiger partial charge in [0.25, 0.3) is 0 Å². The summed E-state index contributed by atoms with van der Waals surface area (Å²) in [6, 6.07) is 18.0. The molecule has 0 aliphatic rings. The number of anilines is 2. The quantitative estimate of drug-likeness (QED) is 0.697. The summed E-state index contributed by atoms with van der Waals surface area (Å²) in [5, 5.41) is 5.89. The van der Waals surface area contributed by atoms with Crippen molar-refractivity contribution in [3.8, 4) is 0 Å². The van der Waals surface area contributed by atoms with E-state index in [-0.39, 0.29) is 11.7 Å². The summed E-state index contributed by atoms with van der Waals surface area (Å²) in [5.41, 5.74) is 3.32. The van der Waals surface area contributed by atoms with Crippen molar-refractivity contribution in [2.45, 2.75) is 19.9 Å². The number of aryl methyl sites for hydroxylation is 1. The molecule has 1 heterocycles. The van der Waals surface area contributed by atoms with Crippen LogP contribution in [0, 0.1) is 12.7 Å². The highest BCUT2D eigenvalue weighted by molar-refractivity contribution is 5.92. The summed E-state index contributed by atoms with van der Waals surface area (Å²) in [4.78, 5) is 16.4. The van der Waals surface area contributed by atoms with Crippen LogP contribution in [-0.2, 0) is 17.8 Å². The number of rotatable bonds is 6. The van der Waals surface area contributed by atoms with Gasteiger partial charge in [0.2, 0.25) is 5.91 Å². The van der Waals surface area contributed by atoms with Crippen LogP contribution in [0.2, 0.25) is 0 Å². The van der Waals surface area contributed by atoms with Crippen molar-refractivity contribution in [1.82, 2.24) is 4.98 Å². The highest BCUT2D eigenvalue weighted by Gasteiger charge is 2.05. The van der Waals surface area contributed by atoms with Crippen molar-refractivity contribution < 1.29 is 9.18 Å². The van der Waals surface area contributed by atoms with Gasteiger partial charge < -0.3 is 10.6 Å². The number of nitrogens with zero attached hydrogens (tertiary/aromatic N) is 1. The number of benzene rings is 2. The lowest BCUT2D eigenvalue weighted by Crippen LogP contribution is -2.14. The van der Waals surface area contributed by atoms with Crippen LogP contribution in [0.25, 0.3) is 0 Å². The molecule has 0 aliphatic heterocycles. The Hall–Kier alpha value is -3.21. The monoisotopic (exact) mass is 349 g/mol. The number of hydrogen-bond acceptors (Lipinski definition) is 3. The summed E-state index contributed by atoms with van der Waals surface area (Å²) in [6.07, 6.45) is 1.89. The molecular formula is C21H20FN3O. The number of carbonyl (C=O) groups is 1. The average Bonchev–Trinajstić information content (AvgIpc) is 2.64. The summed E-state index contributed by atoms with van der Waals surface area (Å²) in [6.45, 7) is 2.36. The molecule has 0 atom stereocenters. The molecule has 3 aromatic rings. The van der Waals surface area contributed by atoms with Gasteiger partial charge in [-0.2, -0.15) is 0 Å². The maximum Gasteiger partial charge on any atom is 0.228 e. The Morgan fingerprint density at radius 2 is 1.81 bits per heavy atom. The average molecular weight is 349 g/mol. The molecule has 5 heteroatoms. The topological polar surface area (TPSA) is 54.0 Å². The molecule has 0 saturated heterocycles. The predicted octanol–water partition coefficient (Wildman–Crippen LogP) is 4.32. The van der Waals surface area contributed by atoms with Gasteiger partial charge in [-0.15, -0.1) is 0 Å². The summed E-state index contributed by atoms with van der Waals surface area (Å²) in [7, 11) is 0. The van der Waals surface area contributed by atoms with Crippen LogP contribution in [0.15, 0.2) is 66.9 Å². The van der Waals surface area contributed by atoms with E-state index >= 15 is 0 Å². The van der Waals surface area contributed by atoms with E-state index in [4.69, 9.17) is 0 Å². The predicted molar refractivity (Wildman–Crippen MR) is 101 cm³/mol. The van der Waals surface area contributed by atoms with Crippen LogP contribution in [0.5, 0.6) is 0 Å². The summed E-state index contributed by atoms with van der Waals surface area (Å²) >= 11 is 0. The van der Waals surface area contributed by atoms with Gasteiger partial charge in [0.1, 0.15) is 11.6 Å². The molecule has 0 aliphatic carbocycles. The second-order valence-electron chi connectivity index (χ2n) is 6.09. The number of pyridine rings is 1. The zero-order valence-electron chi connectivity index (χ0n) is 14.5. The van der Waals surface area contributed by atoms with Crippen molar-refractivity contribution in [2.24, 2.45) is 0 Å². The fourth-order valence-electron chi connectivity index (χ4n) is 2.50. The molecule has 132 valence electrons. The minimum absolute atomic E-state index is 0.0947. The Bertz CT molecular complexity index is 877. The summed E-state index contributed by atoms with van der Waals surface area (Å²) in [5.74, 6) is 0.271. The van der Waals surface area contributed by atoms with E-state index in [0.29, 0.717) is 30.0 Å². The second-order valence-corrected chi connectivity index (χ2v) is 6.09. The number of halogens is 1. The van der Waals surface area contributed by atoms with Gasteiger partial charge in [0.15, 0.2) is 0 Å². The molecule has 3 rings (SSSR count). The first-order chi connectivity index (χ1) is 12.6. The molecule has 4 nitrogen and oxygen atoms in total. The zero-order valence-corrected chi connectivity index (χ0v) is 14.5. The van der Waals surface area contributed by atoms with Crippen molar-refractivity contribution >= 4 is 17.4 Å². The van der Waals surface area contributed by atoms with E-state index in [2.05, 4.69) is 15.6 Å². The molecule has 0 bridgehead atoms. The van der Waals surface area contributed by atoms with Gasteiger partial charge in [0.05, 0.1) is 18.3 Å². The second kappa shape index (κ2) is 8.25. The molecule has 0 spiro atoms. The number of hydrogen-bond donors (Lipinski definition) is 2. The molecule has 1 amide bonds. The molecule has 0 fully saturated rings. The molecule has 0 unspecified atom stereocenters. The lowest BCUT2D eigenvalue weighted by molar-refractivity contribution is -0.115. The Morgan fingerprint density at radius 3 is 2.50 bits per heavy atom. The third-order valence-electron chi connectivity index (χ3n) is 3.95.